The number of nitrogens with zero attached hydrogens (tertiary/aromatic N) is 4. The van der Waals surface area contributed by atoms with Gasteiger partial charge >= 0.3 is 6.03 Å². The maximum absolute atomic E-state index is 12.6. The number of hydrogen-bond acceptors (Lipinski definition) is 5. The number of ether oxygens (including phenoxy) is 1. The Morgan fingerprint density at radius 3 is 2.50 bits per heavy atom. The van der Waals surface area contributed by atoms with Crippen molar-refractivity contribution in [2.45, 2.75) is 26.3 Å². The molecule has 8 heteroatoms. The molecule has 0 radical (unpaired) electrons. The van der Waals surface area contributed by atoms with E-state index in [0.717, 1.165) is 67.4 Å². The van der Waals surface area contributed by atoms with E-state index in [1.54, 1.807) is 7.05 Å². The van der Waals surface area contributed by atoms with Crippen LogP contribution in [0.3, 0.4) is 0 Å². The largest absolute Gasteiger partial charge is 0.492 e. The van der Waals surface area contributed by atoms with Crippen molar-refractivity contribution in [2.24, 2.45) is 5.10 Å². The molecule has 0 bridgehead atoms. The lowest BCUT2D eigenvalue weighted by Gasteiger charge is -2.33. The molecule has 1 saturated heterocycles. The highest BCUT2D eigenvalue weighted by Gasteiger charge is 2.27. The molecule has 4 rings (SSSR count). The number of nitrogens with one attached hydrogen (secondary N) is 1. The van der Waals surface area contributed by atoms with Crippen molar-refractivity contribution in [3.8, 4) is 5.75 Å². The number of rotatable bonds is 6. The number of urea groups is 1. The number of benzene rings is 2. The lowest BCUT2D eigenvalue weighted by atomic mass is 9.94. The molecule has 0 aliphatic carbocycles. The first-order valence-corrected chi connectivity index (χ1v) is 12.4. The van der Waals surface area contributed by atoms with Gasteiger partial charge in [0, 0.05) is 55.9 Å². The van der Waals surface area contributed by atoms with Gasteiger partial charge in [-0.15, -0.1) is 0 Å². The molecule has 2 aromatic carbocycles. The fourth-order valence-corrected chi connectivity index (χ4v) is 4.64. The molecule has 2 aliphatic heterocycles. The third kappa shape index (κ3) is 5.71. The number of likely N-dealkylation sites (N-methyl/N-ethyl adjacent to an activating group) is 1. The summed E-state index contributed by atoms with van der Waals surface area (Å²) in [5, 5.41) is 9.70. The summed E-state index contributed by atoms with van der Waals surface area (Å²) in [5.74, 6) is 0.814. The Morgan fingerprint density at radius 1 is 1.12 bits per heavy atom. The lowest BCUT2D eigenvalue weighted by molar-refractivity contribution is 0.121. The first-order chi connectivity index (χ1) is 16.5. The number of piperazine rings is 1. The van der Waals surface area contributed by atoms with Gasteiger partial charge in [0.05, 0.1) is 11.8 Å². The van der Waals surface area contributed by atoms with Gasteiger partial charge in [-0.2, -0.15) is 5.10 Å². The second-order valence-corrected chi connectivity index (χ2v) is 9.29. The Bertz CT molecular complexity index is 1020. The molecule has 2 amide bonds. The Labute approximate surface area is 207 Å². The van der Waals surface area contributed by atoms with Crippen LogP contribution in [0.25, 0.3) is 0 Å². The minimum atomic E-state index is -0.230. The molecule has 1 fully saturated rings. The topological polar surface area (TPSA) is 60.4 Å². The minimum absolute atomic E-state index is 0.0861. The van der Waals surface area contributed by atoms with Crippen LogP contribution in [-0.2, 0) is 6.42 Å². The molecule has 2 aromatic rings. The summed E-state index contributed by atoms with van der Waals surface area (Å²) in [5.41, 5.74) is 3.76. The molecule has 0 spiro atoms. The molecule has 1 unspecified atom stereocenters. The highest BCUT2D eigenvalue weighted by atomic mass is 35.5. The van der Waals surface area contributed by atoms with Gasteiger partial charge in [-0.3, -0.25) is 4.90 Å². The van der Waals surface area contributed by atoms with Crippen molar-refractivity contribution in [1.82, 2.24) is 20.1 Å². The quantitative estimate of drug-likeness (QED) is 0.680. The zero-order valence-electron chi connectivity index (χ0n) is 20.3. The van der Waals surface area contributed by atoms with Crippen molar-refractivity contribution < 1.29 is 9.53 Å². The third-order valence-corrected chi connectivity index (χ3v) is 6.86. The predicted molar refractivity (Wildman–Crippen MR) is 137 cm³/mol. The Morgan fingerprint density at radius 2 is 1.82 bits per heavy atom. The number of carbonyl (C=O) groups is 1. The van der Waals surface area contributed by atoms with Crippen LogP contribution in [0.15, 0.2) is 47.6 Å². The highest BCUT2D eigenvalue weighted by molar-refractivity contribution is 6.30. The Kier molecular flexibility index (Phi) is 8.08. The summed E-state index contributed by atoms with van der Waals surface area (Å²) < 4.78 is 6.17. The van der Waals surface area contributed by atoms with Gasteiger partial charge in [-0.05, 0) is 49.7 Å². The first-order valence-electron chi connectivity index (χ1n) is 12.0. The molecule has 0 aromatic heterocycles. The molecule has 0 saturated carbocycles. The second-order valence-electron chi connectivity index (χ2n) is 8.85. The van der Waals surface area contributed by atoms with E-state index in [2.05, 4.69) is 34.2 Å². The van der Waals surface area contributed by atoms with Gasteiger partial charge in [-0.25, -0.2) is 9.80 Å². The standard InChI is InChI=1S/C26H34ClN5O2/c1-4-30-11-13-31(14-12-30)15-16-34-23-10-7-21-17-19(2)32(26(33)28-3)29-25(24(21)18-23)20-5-8-22(27)9-6-20/h5-10,18-19H,4,11-17H2,1-3H3,(H,28,33). The number of halogens is 1. The summed E-state index contributed by atoms with van der Waals surface area (Å²) in [7, 11) is 1.62. The summed E-state index contributed by atoms with van der Waals surface area (Å²) in [4.78, 5) is 17.5. The van der Waals surface area contributed by atoms with Crippen LogP contribution in [0.5, 0.6) is 5.75 Å². The van der Waals surface area contributed by atoms with Crippen LogP contribution >= 0.6 is 11.6 Å². The molecule has 2 heterocycles. The summed E-state index contributed by atoms with van der Waals surface area (Å²) in [6.07, 6.45) is 0.700. The van der Waals surface area contributed by atoms with Crippen LogP contribution < -0.4 is 10.1 Å². The van der Waals surface area contributed by atoms with E-state index in [0.29, 0.717) is 18.1 Å². The Balaban J connectivity index is 1.56. The maximum atomic E-state index is 12.6. The smallest absolute Gasteiger partial charge is 0.337 e. The molecule has 1 atom stereocenters. The van der Waals surface area contributed by atoms with Crippen molar-refractivity contribution in [2.75, 3.05) is 52.9 Å². The molecule has 1 N–H and O–H groups in total. The van der Waals surface area contributed by atoms with E-state index >= 15 is 0 Å². The van der Waals surface area contributed by atoms with Gasteiger partial charge in [0.2, 0.25) is 0 Å². The molecule has 182 valence electrons. The van der Waals surface area contributed by atoms with E-state index in [9.17, 15) is 4.79 Å². The zero-order chi connectivity index (χ0) is 24.1. The van der Waals surface area contributed by atoms with Crippen LogP contribution in [0.1, 0.15) is 30.5 Å². The third-order valence-electron chi connectivity index (χ3n) is 6.60. The average molecular weight is 484 g/mol. The van der Waals surface area contributed by atoms with Crippen LogP contribution in [0, 0.1) is 0 Å². The van der Waals surface area contributed by atoms with Gasteiger partial charge in [0.15, 0.2) is 0 Å². The SMILES string of the molecule is CCN1CCN(CCOc2ccc3c(c2)C(c2ccc(Cl)cc2)=NN(C(=O)NC)C(C)C3)CC1. The second kappa shape index (κ2) is 11.2. The number of amides is 2. The first kappa shape index (κ1) is 24.5. The highest BCUT2D eigenvalue weighted by Crippen LogP contribution is 2.28. The average Bonchev–Trinajstić information content (AvgIpc) is 3.00. The summed E-state index contributed by atoms with van der Waals surface area (Å²) in [6.45, 7) is 11.3. The zero-order valence-corrected chi connectivity index (χ0v) is 21.0. The molecular weight excluding hydrogens is 450 g/mol. The molecule has 2 aliphatic rings. The van der Waals surface area contributed by atoms with E-state index in [4.69, 9.17) is 21.4 Å². The fraction of sp³-hybridized carbons (Fsp3) is 0.462. The molecule has 34 heavy (non-hydrogen) atoms. The van der Waals surface area contributed by atoms with Gasteiger partial charge in [-0.1, -0.05) is 36.7 Å². The number of hydrogen-bond donors (Lipinski definition) is 1. The lowest BCUT2D eigenvalue weighted by Crippen LogP contribution is -2.47. The number of fused-ring (bicyclic) bond motifs is 1. The molecule has 7 nitrogen and oxygen atoms in total. The predicted octanol–water partition coefficient (Wildman–Crippen LogP) is 3.69. The number of hydrazone groups is 1. The van der Waals surface area contributed by atoms with Crippen molar-refractivity contribution in [3.63, 3.8) is 0 Å². The van der Waals surface area contributed by atoms with Gasteiger partial charge in [0.25, 0.3) is 0 Å². The monoisotopic (exact) mass is 483 g/mol. The van der Waals surface area contributed by atoms with Gasteiger partial charge < -0.3 is 15.0 Å². The fourth-order valence-electron chi connectivity index (χ4n) is 4.51. The van der Waals surface area contributed by atoms with E-state index < -0.39 is 0 Å². The van der Waals surface area contributed by atoms with Crippen molar-refractivity contribution in [3.05, 3.63) is 64.2 Å². The minimum Gasteiger partial charge on any atom is -0.492 e. The summed E-state index contributed by atoms with van der Waals surface area (Å²) >= 11 is 6.13. The van der Waals surface area contributed by atoms with Gasteiger partial charge in [0.1, 0.15) is 12.4 Å². The molecular formula is C26H34ClN5O2. The van der Waals surface area contributed by atoms with Crippen LogP contribution in [-0.4, -0.2) is 85.5 Å². The van der Waals surface area contributed by atoms with E-state index in [-0.39, 0.29) is 12.1 Å². The van der Waals surface area contributed by atoms with E-state index in [1.807, 2.05) is 37.3 Å². The van der Waals surface area contributed by atoms with Crippen LogP contribution in [0.4, 0.5) is 4.79 Å². The van der Waals surface area contributed by atoms with Crippen molar-refractivity contribution >= 4 is 23.3 Å². The maximum Gasteiger partial charge on any atom is 0.337 e. The van der Waals surface area contributed by atoms with E-state index in [1.165, 1.54) is 5.01 Å². The Hall–Kier alpha value is -2.61. The van der Waals surface area contributed by atoms with Crippen LogP contribution in [0.2, 0.25) is 5.02 Å². The summed E-state index contributed by atoms with van der Waals surface area (Å²) in [6, 6.07) is 13.4. The number of carbonyl (C=O) groups excluding carboxylic acids is 1. The van der Waals surface area contributed by atoms with Crippen molar-refractivity contribution in [1.29, 1.82) is 0 Å². The normalized spacial score (nSPS) is 19.2.